The Kier molecular flexibility index (Phi) is 4.98. The molecule has 1 fully saturated rings. The highest BCUT2D eigenvalue weighted by molar-refractivity contribution is 5.83. The third kappa shape index (κ3) is 3.09. The molecule has 6 heteroatoms. The zero-order chi connectivity index (χ0) is 15.3. The molecule has 1 aliphatic rings. The molecule has 116 valence electrons. The van der Waals surface area contributed by atoms with Gasteiger partial charge in [-0.3, -0.25) is 0 Å². The van der Waals surface area contributed by atoms with Gasteiger partial charge in [0.1, 0.15) is 5.54 Å². The summed E-state index contributed by atoms with van der Waals surface area (Å²) in [6, 6.07) is 1.71. The van der Waals surface area contributed by atoms with E-state index < -0.39 is 11.5 Å². The van der Waals surface area contributed by atoms with E-state index in [1.54, 1.807) is 12.3 Å². The number of rotatable bonds is 7. The molecule has 0 aliphatic carbocycles. The first-order chi connectivity index (χ1) is 10.1. The second-order valence-corrected chi connectivity index (χ2v) is 5.39. The van der Waals surface area contributed by atoms with Crippen molar-refractivity contribution in [1.82, 2.24) is 9.97 Å². The van der Waals surface area contributed by atoms with Crippen LogP contribution in [0.1, 0.15) is 46.0 Å². The molecule has 1 aromatic heterocycles. The lowest BCUT2D eigenvalue weighted by atomic mass is 9.91. The molecule has 0 amide bonds. The van der Waals surface area contributed by atoms with Gasteiger partial charge in [-0.05, 0) is 25.7 Å². The Morgan fingerprint density at radius 2 is 2.29 bits per heavy atom. The van der Waals surface area contributed by atoms with Crippen molar-refractivity contribution in [2.75, 3.05) is 18.1 Å². The summed E-state index contributed by atoms with van der Waals surface area (Å²) in [4.78, 5) is 22.3. The predicted octanol–water partition coefficient (Wildman–Crippen LogP) is 2.49. The average molecular weight is 293 g/mol. The Labute approximate surface area is 125 Å². The molecular weight excluding hydrogens is 270 g/mol. The highest BCUT2D eigenvalue weighted by Gasteiger charge is 2.48. The van der Waals surface area contributed by atoms with E-state index >= 15 is 0 Å². The minimum atomic E-state index is -0.877. The SMILES string of the molecule is CCCOc1ccnc(N2CCCC2(CCC)C(=O)O)n1. The van der Waals surface area contributed by atoms with Gasteiger partial charge in [0.15, 0.2) is 0 Å². The van der Waals surface area contributed by atoms with Crippen LogP contribution < -0.4 is 9.64 Å². The number of aromatic nitrogens is 2. The van der Waals surface area contributed by atoms with Crippen LogP contribution in [0.15, 0.2) is 12.3 Å². The Morgan fingerprint density at radius 3 is 2.95 bits per heavy atom. The maximum atomic E-state index is 11.8. The number of hydrogen-bond acceptors (Lipinski definition) is 5. The molecule has 0 spiro atoms. The van der Waals surface area contributed by atoms with Crippen molar-refractivity contribution in [3.8, 4) is 5.88 Å². The van der Waals surface area contributed by atoms with E-state index in [0.29, 0.717) is 37.8 Å². The van der Waals surface area contributed by atoms with E-state index in [2.05, 4.69) is 9.97 Å². The van der Waals surface area contributed by atoms with Crippen LogP contribution in [0, 0.1) is 0 Å². The molecule has 2 heterocycles. The van der Waals surface area contributed by atoms with Gasteiger partial charge in [0.2, 0.25) is 11.8 Å². The minimum absolute atomic E-state index is 0.456. The molecule has 0 radical (unpaired) electrons. The number of carboxylic acids is 1. The molecule has 2 rings (SSSR count). The Bertz CT molecular complexity index is 495. The van der Waals surface area contributed by atoms with E-state index in [1.807, 2.05) is 18.7 Å². The van der Waals surface area contributed by atoms with Crippen molar-refractivity contribution in [2.24, 2.45) is 0 Å². The lowest BCUT2D eigenvalue weighted by Crippen LogP contribution is -2.51. The van der Waals surface area contributed by atoms with E-state index in [0.717, 1.165) is 19.3 Å². The third-order valence-electron chi connectivity index (χ3n) is 3.86. The summed E-state index contributed by atoms with van der Waals surface area (Å²) in [6.07, 6.45) is 5.43. The summed E-state index contributed by atoms with van der Waals surface area (Å²) in [6.45, 7) is 5.29. The molecule has 21 heavy (non-hydrogen) atoms. The molecule has 1 atom stereocenters. The van der Waals surface area contributed by atoms with Crippen LogP contribution in [0.2, 0.25) is 0 Å². The first-order valence-corrected chi connectivity index (χ1v) is 7.61. The quantitative estimate of drug-likeness (QED) is 0.832. The minimum Gasteiger partial charge on any atom is -0.479 e. The van der Waals surface area contributed by atoms with Crippen molar-refractivity contribution in [3.05, 3.63) is 12.3 Å². The van der Waals surface area contributed by atoms with Crippen LogP contribution in [0.3, 0.4) is 0 Å². The van der Waals surface area contributed by atoms with Gasteiger partial charge in [-0.1, -0.05) is 20.3 Å². The molecule has 1 aliphatic heterocycles. The monoisotopic (exact) mass is 293 g/mol. The number of aliphatic carboxylic acids is 1. The van der Waals surface area contributed by atoms with Crippen molar-refractivity contribution in [1.29, 1.82) is 0 Å². The Balaban J connectivity index is 2.28. The molecule has 6 nitrogen and oxygen atoms in total. The molecule has 1 N–H and O–H groups in total. The highest BCUT2D eigenvalue weighted by atomic mass is 16.5. The molecule has 0 aromatic carbocycles. The first-order valence-electron chi connectivity index (χ1n) is 7.61. The van der Waals surface area contributed by atoms with Crippen LogP contribution in [0.25, 0.3) is 0 Å². The van der Waals surface area contributed by atoms with E-state index in [9.17, 15) is 9.90 Å². The summed E-state index contributed by atoms with van der Waals surface area (Å²) in [7, 11) is 0. The fourth-order valence-electron chi connectivity index (χ4n) is 2.92. The van der Waals surface area contributed by atoms with Crippen LogP contribution >= 0.6 is 0 Å². The highest BCUT2D eigenvalue weighted by Crippen LogP contribution is 2.36. The number of ether oxygens (including phenoxy) is 1. The van der Waals surface area contributed by atoms with Crippen molar-refractivity contribution in [2.45, 2.75) is 51.5 Å². The van der Waals surface area contributed by atoms with E-state index in [1.165, 1.54) is 0 Å². The molecule has 1 saturated heterocycles. The fourth-order valence-corrected chi connectivity index (χ4v) is 2.92. The second kappa shape index (κ2) is 6.74. The van der Waals surface area contributed by atoms with Crippen LogP contribution in [0.5, 0.6) is 5.88 Å². The standard InChI is InChI=1S/C15H23N3O3/c1-3-7-15(13(19)20)8-5-10-18(15)14-16-9-6-12(17-14)21-11-4-2/h6,9H,3-5,7-8,10-11H2,1-2H3,(H,19,20). The molecule has 1 unspecified atom stereocenters. The number of carbonyl (C=O) groups is 1. The number of anilines is 1. The van der Waals surface area contributed by atoms with Gasteiger partial charge in [-0.15, -0.1) is 0 Å². The van der Waals surface area contributed by atoms with Gasteiger partial charge >= 0.3 is 5.97 Å². The first kappa shape index (κ1) is 15.5. The predicted molar refractivity (Wildman–Crippen MR) is 79.7 cm³/mol. The Morgan fingerprint density at radius 1 is 1.48 bits per heavy atom. The van der Waals surface area contributed by atoms with Crippen molar-refractivity contribution < 1.29 is 14.6 Å². The van der Waals surface area contributed by atoms with Gasteiger partial charge in [0.05, 0.1) is 6.61 Å². The van der Waals surface area contributed by atoms with Gasteiger partial charge in [-0.2, -0.15) is 4.98 Å². The topological polar surface area (TPSA) is 75.5 Å². The van der Waals surface area contributed by atoms with Gasteiger partial charge in [0.25, 0.3) is 0 Å². The smallest absolute Gasteiger partial charge is 0.329 e. The summed E-state index contributed by atoms with van der Waals surface area (Å²) >= 11 is 0. The Hall–Kier alpha value is -1.85. The largest absolute Gasteiger partial charge is 0.479 e. The summed E-state index contributed by atoms with van der Waals surface area (Å²) in [5, 5.41) is 9.71. The van der Waals surface area contributed by atoms with Crippen LogP contribution in [-0.2, 0) is 4.79 Å². The summed E-state index contributed by atoms with van der Waals surface area (Å²) in [5.41, 5.74) is -0.877. The maximum absolute atomic E-state index is 11.8. The van der Waals surface area contributed by atoms with Crippen LogP contribution in [0.4, 0.5) is 5.95 Å². The fraction of sp³-hybridized carbons (Fsp3) is 0.667. The normalized spacial score (nSPS) is 21.5. The molecule has 0 bridgehead atoms. The molecule has 0 saturated carbocycles. The third-order valence-corrected chi connectivity index (χ3v) is 3.86. The zero-order valence-corrected chi connectivity index (χ0v) is 12.7. The number of carboxylic acid groups (broad SMARTS) is 1. The van der Waals surface area contributed by atoms with Gasteiger partial charge < -0.3 is 14.7 Å². The van der Waals surface area contributed by atoms with Crippen molar-refractivity contribution >= 4 is 11.9 Å². The van der Waals surface area contributed by atoms with Gasteiger partial charge in [0, 0.05) is 18.8 Å². The van der Waals surface area contributed by atoms with E-state index in [-0.39, 0.29) is 0 Å². The number of hydrogen-bond donors (Lipinski definition) is 1. The lowest BCUT2D eigenvalue weighted by Gasteiger charge is -2.34. The molecular formula is C15H23N3O3. The van der Waals surface area contributed by atoms with Crippen molar-refractivity contribution in [3.63, 3.8) is 0 Å². The van der Waals surface area contributed by atoms with E-state index in [4.69, 9.17) is 4.74 Å². The van der Waals surface area contributed by atoms with Gasteiger partial charge in [-0.25, -0.2) is 9.78 Å². The summed E-state index contributed by atoms with van der Waals surface area (Å²) in [5.74, 6) is 0.173. The zero-order valence-electron chi connectivity index (χ0n) is 12.7. The summed E-state index contributed by atoms with van der Waals surface area (Å²) < 4.78 is 5.52. The molecule has 1 aromatic rings. The second-order valence-electron chi connectivity index (χ2n) is 5.39. The average Bonchev–Trinajstić information content (AvgIpc) is 2.91. The lowest BCUT2D eigenvalue weighted by molar-refractivity contribution is -0.143. The maximum Gasteiger partial charge on any atom is 0.329 e. The number of nitrogens with zero attached hydrogens (tertiary/aromatic N) is 3. The van der Waals surface area contributed by atoms with Crippen LogP contribution in [-0.4, -0.2) is 39.7 Å².